The highest BCUT2D eigenvalue weighted by molar-refractivity contribution is 5.99. The summed E-state index contributed by atoms with van der Waals surface area (Å²) in [7, 11) is 0. The van der Waals surface area contributed by atoms with Gasteiger partial charge in [0.2, 0.25) is 0 Å². The van der Waals surface area contributed by atoms with Crippen molar-refractivity contribution in [2.45, 2.75) is 13.5 Å². The van der Waals surface area contributed by atoms with Crippen LogP contribution in [-0.4, -0.2) is 23.4 Å². The van der Waals surface area contributed by atoms with E-state index >= 15 is 0 Å². The lowest BCUT2D eigenvalue weighted by Crippen LogP contribution is -2.22. The first-order chi connectivity index (χ1) is 14.5. The molecule has 1 heterocycles. The Morgan fingerprint density at radius 3 is 2.63 bits per heavy atom. The molecule has 0 aliphatic rings. The molecule has 0 saturated carbocycles. The van der Waals surface area contributed by atoms with E-state index in [1.165, 1.54) is 12.1 Å². The molecule has 9 nitrogen and oxygen atoms in total. The summed E-state index contributed by atoms with van der Waals surface area (Å²) in [5.74, 6) is -0.689. The predicted molar refractivity (Wildman–Crippen MR) is 109 cm³/mol. The van der Waals surface area contributed by atoms with Crippen molar-refractivity contribution in [1.29, 1.82) is 0 Å². The standard InChI is InChI=1S/C21H19N3O6/c1-14-6-4-10-18(24(27)28)20(14)23-19(25)13-30-21(26)16-8-2-3-9-17(16)22-12-15-7-5-11-29-15/h2-11,22H,12-13H2,1H3,(H,23,25). The molecule has 1 aromatic heterocycles. The first kappa shape index (κ1) is 20.6. The smallest absolute Gasteiger partial charge is 0.340 e. The van der Waals surface area contributed by atoms with Gasteiger partial charge in [0, 0.05) is 11.8 Å². The average molecular weight is 409 g/mol. The van der Waals surface area contributed by atoms with Gasteiger partial charge in [-0.25, -0.2) is 4.79 Å². The van der Waals surface area contributed by atoms with Gasteiger partial charge < -0.3 is 19.8 Å². The summed E-state index contributed by atoms with van der Waals surface area (Å²) < 4.78 is 10.3. The van der Waals surface area contributed by atoms with E-state index in [0.717, 1.165) is 0 Å². The molecule has 0 aliphatic heterocycles. The third kappa shape index (κ3) is 5.02. The van der Waals surface area contributed by atoms with E-state index in [1.54, 1.807) is 55.7 Å². The van der Waals surface area contributed by atoms with E-state index in [1.807, 2.05) is 0 Å². The largest absolute Gasteiger partial charge is 0.467 e. The van der Waals surface area contributed by atoms with Crippen molar-refractivity contribution in [2.24, 2.45) is 0 Å². The average Bonchev–Trinajstić information content (AvgIpc) is 3.25. The first-order valence-electron chi connectivity index (χ1n) is 9.02. The zero-order valence-electron chi connectivity index (χ0n) is 16.1. The number of carbonyl (C=O) groups is 2. The quantitative estimate of drug-likeness (QED) is 0.328. The number of nitrogens with zero attached hydrogens (tertiary/aromatic N) is 1. The molecule has 3 rings (SSSR count). The second kappa shape index (κ2) is 9.37. The van der Waals surface area contributed by atoms with E-state index in [0.29, 0.717) is 23.6 Å². The van der Waals surface area contributed by atoms with Crippen molar-refractivity contribution in [3.05, 3.63) is 87.9 Å². The minimum absolute atomic E-state index is 0.0732. The maximum Gasteiger partial charge on any atom is 0.340 e. The first-order valence-corrected chi connectivity index (χ1v) is 9.02. The summed E-state index contributed by atoms with van der Waals surface area (Å²) in [5.41, 5.74) is 1.13. The number of furan rings is 1. The Morgan fingerprint density at radius 1 is 1.10 bits per heavy atom. The molecule has 9 heteroatoms. The molecule has 0 fully saturated rings. The molecule has 0 saturated heterocycles. The summed E-state index contributed by atoms with van der Waals surface area (Å²) in [5, 5.41) is 16.7. The van der Waals surface area contributed by atoms with Crippen LogP contribution < -0.4 is 10.6 Å². The Kier molecular flexibility index (Phi) is 6.43. The Balaban J connectivity index is 1.62. The Labute approximate surface area is 171 Å². The number of para-hydroxylation sites is 2. The van der Waals surface area contributed by atoms with Crippen LogP contribution in [0.4, 0.5) is 17.1 Å². The van der Waals surface area contributed by atoms with Crippen molar-refractivity contribution in [1.82, 2.24) is 0 Å². The molecule has 0 radical (unpaired) electrons. The van der Waals surface area contributed by atoms with Gasteiger partial charge in [-0.3, -0.25) is 14.9 Å². The van der Waals surface area contributed by atoms with Gasteiger partial charge in [0.15, 0.2) is 6.61 Å². The minimum Gasteiger partial charge on any atom is -0.467 e. The number of nitrogens with one attached hydrogen (secondary N) is 2. The van der Waals surface area contributed by atoms with Gasteiger partial charge in [0.05, 0.1) is 23.3 Å². The number of carbonyl (C=O) groups excluding carboxylic acids is 2. The molecule has 0 bridgehead atoms. The number of hydrogen-bond donors (Lipinski definition) is 2. The number of hydrogen-bond acceptors (Lipinski definition) is 7. The number of aryl methyl sites for hydroxylation is 1. The monoisotopic (exact) mass is 409 g/mol. The molecule has 0 unspecified atom stereocenters. The Hall–Kier alpha value is -4.14. The van der Waals surface area contributed by atoms with Crippen LogP contribution in [0.1, 0.15) is 21.7 Å². The molecular formula is C21H19N3O6. The molecule has 2 N–H and O–H groups in total. The maximum absolute atomic E-state index is 12.5. The maximum atomic E-state index is 12.5. The van der Waals surface area contributed by atoms with E-state index < -0.39 is 23.4 Å². The van der Waals surface area contributed by atoms with Gasteiger partial charge in [-0.2, -0.15) is 0 Å². The number of benzene rings is 2. The zero-order chi connectivity index (χ0) is 21.5. The second-order valence-electron chi connectivity index (χ2n) is 6.33. The lowest BCUT2D eigenvalue weighted by atomic mass is 10.1. The fraction of sp³-hybridized carbons (Fsp3) is 0.143. The van der Waals surface area contributed by atoms with Crippen molar-refractivity contribution in [3.8, 4) is 0 Å². The van der Waals surface area contributed by atoms with Gasteiger partial charge in [-0.05, 0) is 36.8 Å². The van der Waals surface area contributed by atoms with E-state index in [2.05, 4.69) is 10.6 Å². The SMILES string of the molecule is Cc1cccc([N+](=O)[O-])c1NC(=O)COC(=O)c1ccccc1NCc1ccco1. The fourth-order valence-electron chi connectivity index (χ4n) is 2.76. The lowest BCUT2D eigenvalue weighted by Gasteiger charge is -2.12. The number of esters is 1. The van der Waals surface area contributed by atoms with Crippen LogP contribution in [0.25, 0.3) is 0 Å². The van der Waals surface area contributed by atoms with Gasteiger partial charge >= 0.3 is 5.97 Å². The van der Waals surface area contributed by atoms with Crippen LogP contribution in [0.15, 0.2) is 65.3 Å². The highest BCUT2D eigenvalue weighted by Gasteiger charge is 2.19. The summed E-state index contributed by atoms with van der Waals surface area (Å²) in [4.78, 5) is 35.2. The zero-order valence-corrected chi connectivity index (χ0v) is 16.1. The number of rotatable bonds is 8. The molecule has 1 amide bonds. The van der Waals surface area contributed by atoms with Gasteiger partial charge in [-0.15, -0.1) is 0 Å². The Bertz CT molecular complexity index is 1060. The molecule has 2 aromatic carbocycles. The second-order valence-corrected chi connectivity index (χ2v) is 6.33. The fourth-order valence-corrected chi connectivity index (χ4v) is 2.76. The summed E-state index contributed by atoms with van der Waals surface area (Å²) in [6.45, 7) is 1.42. The van der Waals surface area contributed by atoms with Crippen molar-refractivity contribution < 1.29 is 23.7 Å². The molecule has 154 valence electrons. The predicted octanol–water partition coefficient (Wildman–Crippen LogP) is 3.90. The molecule has 3 aromatic rings. The summed E-state index contributed by atoms with van der Waals surface area (Å²) in [6.07, 6.45) is 1.55. The minimum atomic E-state index is -0.702. The molecule has 0 spiro atoms. The highest BCUT2D eigenvalue weighted by Crippen LogP contribution is 2.27. The number of nitro groups is 1. The third-order valence-corrected chi connectivity index (χ3v) is 4.23. The molecular weight excluding hydrogens is 390 g/mol. The normalized spacial score (nSPS) is 10.3. The van der Waals surface area contributed by atoms with Crippen molar-refractivity contribution in [2.75, 3.05) is 17.2 Å². The highest BCUT2D eigenvalue weighted by atomic mass is 16.6. The number of nitro benzene ring substituents is 1. The molecule has 0 aliphatic carbocycles. The summed E-state index contributed by atoms with van der Waals surface area (Å²) in [6, 6.07) is 14.7. The lowest BCUT2D eigenvalue weighted by molar-refractivity contribution is -0.384. The Morgan fingerprint density at radius 2 is 1.90 bits per heavy atom. The van der Waals surface area contributed by atoms with Crippen LogP contribution in [0, 0.1) is 17.0 Å². The number of amides is 1. The third-order valence-electron chi connectivity index (χ3n) is 4.23. The van der Waals surface area contributed by atoms with Crippen molar-refractivity contribution in [3.63, 3.8) is 0 Å². The number of ether oxygens (including phenoxy) is 1. The van der Waals surface area contributed by atoms with Gasteiger partial charge in [0.1, 0.15) is 11.4 Å². The van der Waals surface area contributed by atoms with E-state index in [-0.39, 0.29) is 16.9 Å². The molecule has 30 heavy (non-hydrogen) atoms. The topological polar surface area (TPSA) is 124 Å². The molecule has 0 atom stereocenters. The van der Waals surface area contributed by atoms with E-state index in [9.17, 15) is 19.7 Å². The van der Waals surface area contributed by atoms with Gasteiger partial charge in [0.25, 0.3) is 11.6 Å². The summed E-state index contributed by atoms with van der Waals surface area (Å²) >= 11 is 0. The van der Waals surface area contributed by atoms with Crippen LogP contribution in [0.5, 0.6) is 0 Å². The van der Waals surface area contributed by atoms with Crippen LogP contribution in [-0.2, 0) is 16.1 Å². The van der Waals surface area contributed by atoms with Crippen LogP contribution in [0.3, 0.4) is 0 Å². The van der Waals surface area contributed by atoms with E-state index in [4.69, 9.17) is 9.15 Å². The van der Waals surface area contributed by atoms with Crippen molar-refractivity contribution >= 4 is 28.9 Å². The van der Waals surface area contributed by atoms with Crippen LogP contribution >= 0.6 is 0 Å². The van der Waals surface area contributed by atoms with Crippen LogP contribution in [0.2, 0.25) is 0 Å². The van der Waals surface area contributed by atoms with Gasteiger partial charge in [-0.1, -0.05) is 24.3 Å². The number of anilines is 2.